The SMILES string of the molecule is CCc1nnc(NC(=O)CSCC(=O)OC)s1. The molecule has 1 aromatic rings. The number of anilines is 1. The number of rotatable bonds is 6. The number of thioether (sulfide) groups is 1. The first-order valence-electron chi connectivity index (χ1n) is 4.92. The molecule has 94 valence electrons. The lowest BCUT2D eigenvalue weighted by Gasteiger charge is -2.00. The number of nitrogens with one attached hydrogen (secondary N) is 1. The van der Waals surface area contributed by atoms with Crippen molar-refractivity contribution in [1.82, 2.24) is 10.2 Å². The molecule has 0 unspecified atom stereocenters. The third-order valence-corrected chi connectivity index (χ3v) is 3.59. The van der Waals surface area contributed by atoms with E-state index in [9.17, 15) is 9.59 Å². The lowest BCUT2D eigenvalue weighted by molar-refractivity contribution is -0.137. The molecule has 8 heteroatoms. The Morgan fingerprint density at radius 2 is 2.18 bits per heavy atom. The molecule has 1 rings (SSSR count). The molecule has 0 radical (unpaired) electrons. The molecule has 0 aromatic carbocycles. The van der Waals surface area contributed by atoms with E-state index in [-0.39, 0.29) is 23.4 Å². The van der Waals surface area contributed by atoms with Crippen molar-refractivity contribution in [2.24, 2.45) is 0 Å². The molecule has 0 saturated heterocycles. The van der Waals surface area contributed by atoms with Gasteiger partial charge in [-0.1, -0.05) is 18.3 Å². The molecular formula is C9H13N3O3S2. The second-order valence-corrected chi connectivity index (χ2v) is 5.02. The Morgan fingerprint density at radius 1 is 1.41 bits per heavy atom. The number of aromatic nitrogens is 2. The Kier molecular flexibility index (Phi) is 5.92. The van der Waals surface area contributed by atoms with E-state index in [1.807, 2.05) is 6.92 Å². The minimum Gasteiger partial charge on any atom is -0.468 e. The van der Waals surface area contributed by atoms with Crippen molar-refractivity contribution in [1.29, 1.82) is 0 Å². The van der Waals surface area contributed by atoms with Crippen LogP contribution in [0.5, 0.6) is 0 Å². The van der Waals surface area contributed by atoms with Crippen LogP contribution >= 0.6 is 23.1 Å². The standard InChI is InChI=1S/C9H13N3O3S2/c1-3-7-11-12-9(17-7)10-6(13)4-16-5-8(14)15-2/h3-5H2,1-2H3,(H,10,12,13). The largest absolute Gasteiger partial charge is 0.468 e. The second-order valence-electron chi connectivity index (χ2n) is 2.97. The van der Waals surface area contributed by atoms with Gasteiger partial charge in [-0.3, -0.25) is 14.9 Å². The Morgan fingerprint density at radius 3 is 2.76 bits per heavy atom. The van der Waals surface area contributed by atoms with E-state index in [2.05, 4.69) is 20.3 Å². The molecule has 0 saturated carbocycles. The summed E-state index contributed by atoms with van der Waals surface area (Å²) in [6, 6.07) is 0. The molecule has 6 nitrogen and oxygen atoms in total. The van der Waals surface area contributed by atoms with Crippen LogP contribution in [0.1, 0.15) is 11.9 Å². The average Bonchev–Trinajstić information content (AvgIpc) is 2.76. The van der Waals surface area contributed by atoms with E-state index >= 15 is 0 Å². The lowest BCUT2D eigenvalue weighted by atomic mass is 10.5. The number of ether oxygens (including phenoxy) is 1. The van der Waals surface area contributed by atoms with Gasteiger partial charge in [-0.2, -0.15) is 0 Å². The van der Waals surface area contributed by atoms with Crippen LogP contribution in [0, 0.1) is 0 Å². The third-order valence-electron chi connectivity index (χ3n) is 1.70. The van der Waals surface area contributed by atoms with Crippen molar-refractivity contribution < 1.29 is 14.3 Å². The van der Waals surface area contributed by atoms with Gasteiger partial charge in [0.2, 0.25) is 11.0 Å². The quantitative estimate of drug-likeness (QED) is 0.778. The van der Waals surface area contributed by atoms with E-state index in [4.69, 9.17) is 0 Å². The summed E-state index contributed by atoms with van der Waals surface area (Å²) in [5.41, 5.74) is 0. The van der Waals surface area contributed by atoms with Gasteiger partial charge < -0.3 is 4.74 Å². The molecule has 0 bridgehead atoms. The zero-order chi connectivity index (χ0) is 12.7. The summed E-state index contributed by atoms with van der Waals surface area (Å²) in [7, 11) is 1.32. The molecule has 0 atom stereocenters. The first kappa shape index (κ1) is 13.9. The van der Waals surface area contributed by atoms with E-state index in [1.54, 1.807) is 0 Å². The molecule has 0 aliphatic carbocycles. The van der Waals surface area contributed by atoms with E-state index in [0.717, 1.165) is 11.4 Å². The zero-order valence-electron chi connectivity index (χ0n) is 9.56. The van der Waals surface area contributed by atoms with Gasteiger partial charge in [0.15, 0.2) is 0 Å². The zero-order valence-corrected chi connectivity index (χ0v) is 11.2. The first-order chi connectivity index (χ1) is 8.15. The number of esters is 1. The van der Waals surface area contributed by atoms with Crippen molar-refractivity contribution >= 4 is 40.1 Å². The van der Waals surface area contributed by atoms with Crippen LogP contribution < -0.4 is 5.32 Å². The molecule has 1 heterocycles. The molecule has 0 spiro atoms. The number of carbonyl (C=O) groups is 2. The van der Waals surface area contributed by atoms with Gasteiger partial charge in [-0.05, 0) is 6.42 Å². The van der Waals surface area contributed by atoms with Crippen LogP contribution in [0.25, 0.3) is 0 Å². The number of amides is 1. The smallest absolute Gasteiger partial charge is 0.315 e. The van der Waals surface area contributed by atoms with Gasteiger partial charge in [0, 0.05) is 0 Å². The molecule has 1 N–H and O–H groups in total. The summed E-state index contributed by atoms with van der Waals surface area (Å²) in [6.07, 6.45) is 0.796. The molecular weight excluding hydrogens is 262 g/mol. The Bertz CT molecular complexity index is 395. The number of hydrogen-bond donors (Lipinski definition) is 1. The second kappa shape index (κ2) is 7.23. The summed E-state index contributed by atoms with van der Waals surface area (Å²) in [6.45, 7) is 1.97. The highest BCUT2D eigenvalue weighted by Crippen LogP contribution is 2.15. The molecule has 0 fully saturated rings. The van der Waals surface area contributed by atoms with E-state index < -0.39 is 0 Å². The molecule has 0 aliphatic rings. The molecule has 17 heavy (non-hydrogen) atoms. The number of aryl methyl sites for hydroxylation is 1. The highest BCUT2D eigenvalue weighted by Gasteiger charge is 2.08. The van der Waals surface area contributed by atoms with Crippen LogP contribution in [-0.2, 0) is 20.7 Å². The minimum atomic E-state index is -0.341. The van der Waals surface area contributed by atoms with Gasteiger partial charge in [-0.25, -0.2) is 0 Å². The topological polar surface area (TPSA) is 81.2 Å². The van der Waals surface area contributed by atoms with Gasteiger partial charge in [-0.15, -0.1) is 22.0 Å². The van der Waals surface area contributed by atoms with Crippen molar-refractivity contribution in [2.45, 2.75) is 13.3 Å². The predicted molar refractivity (Wildman–Crippen MR) is 67.3 cm³/mol. The number of methoxy groups -OCH3 is 1. The van der Waals surface area contributed by atoms with Crippen LogP contribution in [0.2, 0.25) is 0 Å². The van der Waals surface area contributed by atoms with Gasteiger partial charge in [0.25, 0.3) is 0 Å². The van der Waals surface area contributed by atoms with Crippen LogP contribution in [0.15, 0.2) is 0 Å². The first-order valence-corrected chi connectivity index (χ1v) is 6.89. The van der Waals surface area contributed by atoms with Gasteiger partial charge in [0.05, 0.1) is 18.6 Å². The van der Waals surface area contributed by atoms with Crippen LogP contribution in [0.3, 0.4) is 0 Å². The Hall–Kier alpha value is -1.15. The maximum atomic E-state index is 11.4. The van der Waals surface area contributed by atoms with Crippen molar-refractivity contribution in [3.63, 3.8) is 0 Å². The maximum absolute atomic E-state index is 11.4. The van der Waals surface area contributed by atoms with Crippen LogP contribution in [-0.4, -0.2) is 40.7 Å². The molecule has 1 amide bonds. The minimum absolute atomic E-state index is 0.167. The molecule has 0 aliphatic heterocycles. The number of carbonyl (C=O) groups excluding carboxylic acids is 2. The normalized spacial score (nSPS) is 10.0. The summed E-state index contributed by atoms with van der Waals surface area (Å²) in [4.78, 5) is 22.2. The highest BCUT2D eigenvalue weighted by atomic mass is 32.2. The predicted octanol–water partition coefficient (Wildman–Crippen LogP) is 0.945. The Balaban J connectivity index is 2.27. The van der Waals surface area contributed by atoms with Crippen LogP contribution in [0.4, 0.5) is 5.13 Å². The highest BCUT2D eigenvalue weighted by molar-refractivity contribution is 8.00. The van der Waals surface area contributed by atoms with E-state index in [1.165, 1.54) is 30.2 Å². The summed E-state index contributed by atoms with van der Waals surface area (Å²) in [5.74, 6) is -0.180. The van der Waals surface area contributed by atoms with E-state index in [0.29, 0.717) is 5.13 Å². The Labute approximate surface area is 107 Å². The van der Waals surface area contributed by atoms with Gasteiger partial charge in [0.1, 0.15) is 5.01 Å². The maximum Gasteiger partial charge on any atom is 0.315 e. The fourth-order valence-corrected chi connectivity index (χ4v) is 2.23. The van der Waals surface area contributed by atoms with Crippen molar-refractivity contribution in [3.8, 4) is 0 Å². The lowest BCUT2D eigenvalue weighted by Crippen LogP contribution is -2.15. The summed E-state index contributed by atoms with van der Waals surface area (Å²) in [5, 5.41) is 11.7. The average molecular weight is 275 g/mol. The van der Waals surface area contributed by atoms with Crippen molar-refractivity contribution in [2.75, 3.05) is 23.9 Å². The fourth-order valence-electron chi connectivity index (χ4n) is 0.888. The summed E-state index contributed by atoms with van der Waals surface area (Å²) < 4.78 is 4.46. The number of nitrogens with zero attached hydrogens (tertiary/aromatic N) is 2. The van der Waals surface area contributed by atoms with Gasteiger partial charge >= 0.3 is 5.97 Å². The third kappa shape index (κ3) is 5.14. The molecule has 1 aromatic heterocycles. The fraction of sp³-hybridized carbons (Fsp3) is 0.556. The summed E-state index contributed by atoms with van der Waals surface area (Å²) >= 11 is 2.55. The van der Waals surface area contributed by atoms with Crippen molar-refractivity contribution in [3.05, 3.63) is 5.01 Å². The monoisotopic (exact) mass is 275 g/mol. The number of hydrogen-bond acceptors (Lipinski definition) is 7.